The van der Waals surface area contributed by atoms with Gasteiger partial charge in [0, 0.05) is 24.8 Å². The van der Waals surface area contributed by atoms with Crippen LogP contribution in [0, 0.1) is 29.6 Å². The summed E-state index contributed by atoms with van der Waals surface area (Å²) in [5.74, 6) is 3.72. The predicted octanol–water partition coefficient (Wildman–Crippen LogP) is 5.90. The molecular formula is C29H38N2O2. The van der Waals surface area contributed by atoms with Crippen LogP contribution < -0.4 is 10.7 Å². The molecular weight excluding hydrogens is 408 g/mol. The maximum Gasteiger partial charge on any atom is 0.256 e. The summed E-state index contributed by atoms with van der Waals surface area (Å²) in [4.78, 5) is 26.4. The summed E-state index contributed by atoms with van der Waals surface area (Å²) in [7, 11) is 0. The Balaban J connectivity index is 1.37. The third kappa shape index (κ3) is 4.54. The number of rotatable bonds is 8. The Morgan fingerprint density at radius 2 is 1.70 bits per heavy atom. The number of hydrogen-bond donors (Lipinski definition) is 1. The van der Waals surface area contributed by atoms with E-state index in [9.17, 15) is 9.59 Å². The van der Waals surface area contributed by atoms with Crippen molar-refractivity contribution in [2.45, 2.75) is 77.8 Å². The van der Waals surface area contributed by atoms with Crippen molar-refractivity contribution in [2.75, 3.05) is 0 Å². The molecule has 1 aromatic heterocycles. The number of carbonyl (C=O) groups excluding carboxylic acids is 1. The maximum absolute atomic E-state index is 13.3. The highest BCUT2D eigenvalue weighted by Crippen LogP contribution is 2.57. The molecule has 4 bridgehead atoms. The summed E-state index contributed by atoms with van der Waals surface area (Å²) in [5.41, 5.74) is 2.00. The quantitative estimate of drug-likeness (QED) is 0.514. The fraction of sp³-hybridized carbons (Fsp3) is 0.586. The number of aromatic nitrogens is 1. The van der Waals surface area contributed by atoms with Gasteiger partial charge in [-0.15, -0.1) is 0 Å². The van der Waals surface area contributed by atoms with Gasteiger partial charge in [0.05, 0.1) is 5.69 Å². The lowest BCUT2D eigenvalue weighted by Crippen LogP contribution is -2.53. The van der Waals surface area contributed by atoms with Crippen LogP contribution in [-0.2, 0) is 6.54 Å². The number of pyridine rings is 1. The molecule has 4 fully saturated rings. The first kappa shape index (κ1) is 22.4. The van der Waals surface area contributed by atoms with E-state index < -0.39 is 0 Å². The van der Waals surface area contributed by atoms with Crippen molar-refractivity contribution in [1.82, 2.24) is 9.88 Å². The van der Waals surface area contributed by atoms with E-state index in [0.29, 0.717) is 5.92 Å². The summed E-state index contributed by atoms with van der Waals surface area (Å²) >= 11 is 0. The first-order chi connectivity index (χ1) is 16.0. The Labute approximate surface area is 197 Å². The molecule has 2 aromatic rings. The van der Waals surface area contributed by atoms with Gasteiger partial charge in [0.25, 0.3) is 5.91 Å². The number of nitrogens with one attached hydrogen (secondary N) is 1. The summed E-state index contributed by atoms with van der Waals surface area (Å²) in [5, 5.41) is 3.27. The molecule has 4 saturated carbocycles. The molecule has 4 nitrogen and oxygen atoms in total. The van der Waals surface area contributed by atoms with Crippen LogP contribution in [0.3, 0.4) is 0 Å². The van der Waals surface area contributed by atoms with E-state index in [1.54, 1.807) is 12.3 Å². The van der Waals surface area contributed by atoms with E-state index in [2.05, 4.69) is 23.7 Å². The molecule has 1 atom stereocenters. The van der Waals surface area contributed by atoms with Gasteiger partial charge in [0.15, 0.2) is 5.43 Å². The first-order valence-electron chi connectivity index (χ1n) is 13.1. The van der Waals surface area contributed by atoms with Gasteiger partial charge in [-0.2, -0.15) is 0 Å². The Bertz CT molecular complexity index is 1010. The van der Waals surface area contributed by atoms with E-state index in [-0.39, 0.29) is 22.9 Å². The minimum Gasteiger partial charge on any atom is -0.349 e. The van der Waals surface area contributed by atoms with Crippen LogP contribution in [0.25, 0.3) is 11.3 Å². The number of aryl methyl sites for hydroxylation is 1. The molecule has 6 rings (SSSR count). The minimum atomic E-state index is -0.204. The van der Waals surface area contributed by atoms with E-state index >= 15 is 0 Å². The normalized spacial score (nSPS) is 28.6. The molecule has 0 radical (unpaired) electrons. The molecule has 1 amide bonds. The molecule has 176 valence electrons. The molecule has 4 aliphatic rings. The summed E-state index contributed by atoms with van der Waals surface area (Å²) in [6.45, 7) is 5.17. The van der Waals surface area contributed by atoms with Crippen LogP contribution in [0.2, 0.25) is 0 Å². The molecule has 1 heterocycles. The summed E-state index contributed by atoms with van der Waals surface area (Å²) in [6, 6.07) is 11.8. The number of hydrogen-bond acceptors (Lipinski definition) is 2. The molecule has 4 aliphatic carbocycles. The fourth-order valence-electron chi connectivity index (χ4n) is 7.48. The van der Waals surface area contributed by atoms with Gasteiger partial charge in [-0.05, 0) is 80.6 Å². The number of benzene rings is 1. The Morgan fingerprint density at radius 1 is 1.03 bits per heavy atom. The van der Waals surface area contributed by atoms with Crippen molar-refractivity contribution in [1.29, 1.82) is 0 Å². The lowest BCUT2D eigenvalue weighted by Gasteiger charge is -2.56. The van der Waals surface area contributed by atoms with Crippen molar-refractivity contribution in [2.24, 2.45) is 29.6 Å². The Hall–Kier alpha value is -2.36. The van der Waals surface area contributed by atoms with Crippen LogP contribution >= 0.6 is 0 Å². The van der Waals surface area contributed by atoms with Crippen LogP contribution in [0.4, 0.5) is 0 Å². The van der Waals surface area contributed by atoms with Gasteiger partial charge in [-0.1, -0.05) is 50.1 Å². The third-order valence-electron chi connectivity index (χ3n) is 8.68. The van der Waals surface area contributed by atoms with Gasteiger partial charge >= 0.3 is 0 Å². The van der Waals surface area contributed by atoms with Crippen LogP contribution in [-0.4, -0.2) is 16.5 Å². The second kappa shape index (κ2) is 9.48. The van der Waals surface area contributed by atoms with Gasteiger partial charge in [-0.3, -0.25) is 9.59 Å². The van der Waals surface area contributed by atoms with Gasteiger partial charge < -0.3 is 9.88 Å². The fourth-order valence-corrected chi connectivity index (χ4v) is 7.48. The Kier molecular flexibility index (Phi) is 6.44. The lowest BCUT2D eigenvalue weighted by atomic mass is 9.50. The van der Waals surface area contributed by atoms with Crippen molar-refractivity contribution in [3.63, 3.8) is 0 Å². The average molecular weight is 447 g/mol. The minimum absolute atomic E-state index is 0.120. The molecule has 1 unspecified atom stereocenters. The van der Waals surface area contributed by atoms with Crippen LogP contribution in [0.15, 0.2) is 47.4 Å². The van der Waals surface area contributed by atoms with Crippen molar-refractivity contribution in [3.8, 4) is 11.3 Å². The topological polar surface area (TPSA) is 51.1 Å². The largest absolute Gasteiger partial charge is 0.349 e. The van der Waals surface area contributed by atoms with Crippen molar-refractivity contribution >= 4 is 5.91 Å². The highest BCUT2D eigenvalue weighted by atomic mass is 16.2. The van der Waals surface area contributed by atoms with Gasteiger partial charge in [0.2, 0.25) is 0 Å². The molecule has 33 heavy (non-hydrogen) atoms. The van der Waals surface area contributed by atoms with Gasteiger partial charge in [-0.25, -0.2) is 0 Å². The zero-order valence-electron chi connectivity index (χ0n) is 20.1. The number of carbonyl (C=O) groups is 1. The molecule has 0 saturated heterocycles. The van der Waals surface area contributed by atoms with E-state index in [4.69, 9.17) is 0 Å². The smallest absolute Gasteiger partial charge is 0.256 e. The second-order valence-corrected chi connectivity index (χ2v) is 11.0. The van der Waals surface area contributed by atoms with Crippen LogP contribution in [0.1, 0.15) is 75.6 Å². The lowest BCUT2D eigenvalue weighted by molar-refractivity contribution is -0.0480. The zero-order chi connectivity index (χ0) is 22.9. The van der Waals surface area contributed by atoms with E-state index in [1.807, 2.05) is 30.3 Å². The average Bonchev–Trinajstić information content (AvgIpc) is 2.79. The monoisotopic (exact) mass is 446 g/mol. The zero-order valence-corrected chi connectivity index (χ0v) is 20.1. The van der Waals surface area contributed by atoms with Gasteiger partial charge in [0.1, 0.15) is 5.56 Å². The molecule has 1 aromatic carbocycles. The van der Waals surface area contributed by atoms with E-state index in [1.165, 1.54) is 32.1 Å². The predicted molar refractivity (Wildman–Crippen MR) is 133 cm³/mol. The summed E-state index contributed by atoms with van der Waals surface area (Å²) < 4.78 is 2.11. The highest BCUT2D eigenvalue weighted by Gasteiger charge is 2.49. The standard InChI is InChI=1S/C29H38N2O2/c1-3-4-8-11-31-18-25(27(32)17-26(31)22-9-6-5-7-10-22)29(33)30-19(2)28-23-13-20-12-21(15-23)16-24(28)14-20/h5-7,9-10,17-21,23-24,28H,3-4,8,11-16H2,1-2H3,(H,30,33). The molecule has 4 heteroatoms. The molecule has 0 aliphatic heterocycles. The number of nitrogens with zero attached hydrogens (tertiary/aromatic N) is 1. The Morgan fingerprint density at radius 3 is 2.33 bits per heavy atom. The van der Waals surface area contributed by atoms with Crippen molar-refractivity contribution in [3.05, 3.63) is 58.4 Å². The number of amides is 1. The first-order valence-corrected chi connectivity index (χ1v) is 13.1. The molecule has 0 spiro atoms. The third-order valence-corrected chi connectivity index (χ3v) is 8.68. The van der Waals surface area contributed by atoms with E-state index in [0.717, 1.165) is 60.7 Å². The second-order valence-electron chi connectivity index (χ2n) is 11.0. The molecule has 1 N–H and O–H groups in total. The summed E-state index contributed by atoms with van der Waals surface area (Å²) in [6.07, 6.45) is 11.9. The van der Waals surface area contributed by atoms with Crippen LogP contribution in [0.5, 0.6) is 0 Å². The highest BCUT2D eigenvalue weighted by molar-refractivity contribution is 5.94. The SMILES string of the molecule is CCCCCn1cc(C(=O)NC(C)C2C3CC4CC(C3)CC2C4)c(=O)cc1-c1ccccc1. The van der Waals surface area contributed by atoms with Crippen molar-refractivity contribution < 1.29 is 4.79 Å². The number of unbranched alkanes of at least 4 members (excludes halogenated alkanes) is 2. The maximum atomic E-state index is 13.3.